The average Bonchev–Trinajstić information content (AvgIpc) is 3.80. The van der Waals surface area contributed by atoms with Crippen molar-refractivity contribution >= 4 is 286 Å². The van der Waals surface area contributed by atoms with E-state index in [0.29, 0.717) is 60.3 Å². The second kappa shape index (κ2) is 36.9. The average molecular weight is 1730 g/mol. The Morgan fingerprint density at radius 1 is 0.602 bits per heavy atom. The van der Waals surface area contributed by atoms with Gasteiger partial charge in [-0.05, 0) is 144 Å². The third-order valence-corrected chi connectivity index (χ3v) is 23.4. The summed E-state index contributed by atoms with van der Waals surface area (Å²) in [4.78, 5) is 100. The molecular formula is C50H40Br4Cl6FN5O15S7. The number of Topliss-reactive ketones (excluding diaryl/α,β-unsaturated/α-hetero) is 7. The maximum Gasteiger partial charge on any atom is 0.374 e. The molecule has 0 bridgehead atoms. The highest BCUT2D eigenvalue weighted by atomic mass is 79.9. The maximum atomic E-state index is 12.3. The second-order valence-corrected chi connectivity index (χ2v) is 31.2. The first kappa shape index (κ1) is 80.2. The molecule has 0 amide bonds. The molecule has 0 atom stereocenters. The van der Waals surface area contributed by atoms with Crippen LogP contribution < -0.4 is 10.5 Å². The molecule has 88 heavy (non-hydrogen) atoms. The molecule has 1 aromatic carbocycles. The van der Waals surface area contributed by atoms with E-state index < -0.39 is 67.7 Å². The van der Waals surface area contributed by atoms with E-state index in [1.54, 1.807) is 30.3 Å². The third-order valence-electron chi connectivity index (χ3n) is 9.42. The molecule has 0 aliphatic carbocycles. The fraction of sp³-hybridized carbons (Fsp3) is 0.180. The number of hydrogen-bond acceptors (Lipinski definition) is 21. The summed E-state index contributed by atoms with van der Waals surface area (Å²) in [7, 11) is -4.21. The summed E-state index contributed by atoms with van der Waals surface area (Å²) in [5.41, 5.74) is 6.21. The van der Waals surface area contributed by atoms with E-state index in [1.807, 2.05) is 0 Å². The number of hydrogen-bond donors (Lipinski definition) is 2. The van der Waals surface area contributed by atoms with Crippen molar-refractivity contribution in [2.24, 2.45) is 8.80 Å². The van der Waals surface area contributed by atoms with Crippen LogP contribution in [0.1, 0.15) is 79.8 Å². The van der Waals surface area contributed by atoms with Gasteiger partial charge in [-0.2, -0.15) is 16.8 Å². The van der Waals surface area contributed by atoms with Crippen LogP contribution in [0.2, 0.25) is 26.7 Å². The van der Waals surface area contributed by atoms with Crippen LogP contribution in [0.3, 0.4) is 0 Å². The van der Waals surface area contributed by atoms with Gasteiger partial charge in [0.05, 0.1) is 71.5 Å². The molecule has 5 aromatic heterocycles. The van der Waals surface area contributed by atoms with E-state index in [2.05, 4.69) is 86.7 Å². The normalized spacial score (nSPS) is 13.0. The molecule has 474 valence electrons. The predicted molar refractivity (Wildman–Crippen MR) is 362 cm³/mol. The zero-order chi connectivity index (χ0) is 67.5. The number of likely N-dealkylation sites (N-methyl/N-ethyl adjacent to an activating group) is 1. The van der Waals surface area contributed by atoms with Gasteiger partial charge in [-0.1, -0.05) is 69.6 Å². The summed E-state index contributed by atoms with van der Waals surface area (Å²) in [6, 6.07) is 14.1. The largest absolute Gasteiger partial charge is 0.463 e. The molecule has 6 aromatic rings. The van der Waals surface area contributed by atoms with Crippen molar-refractivity contribution in [2.45, 2.75) is 41.0 Å². The van der Waals surface area contributed by atoms with Gasteiger partial charge in [0.25, 0.3) is 0 Å². The van der Waals surface area contributed by atoms with E-state index in [1.165, 1.54) is 124 Å². The minimum Gasteiger partial charge on any atom is -0.463 e. The number of ketones is 7. The smallest absolute Gasteiger partial charge is 0.374 e. The Morgan fingerprint density at radius 3 is 1.44 bits per heavy atom. The van der Waals surface area contributed by atoms with Gasteiger partial charge in [0.2, 0.25) is 11.6 Å². The number of carbonyl (C=O) groups excluding carboxylic acids is 9. The van der Waals surface area contributed by atoms with Crippen molar-refractivity contribution in [2.75, 3.05) is 27.0 Å². The fourth-order valence-electron chi connectivity index (χ4n) is 5.30. The number of esters is 2. The van der Waals surface area contributed by atoms with Crippen LogP contribution in [0.5, 0.6) is 0 Å². The zero-order valence-electron chi connectivity index (χ0n) is 45.6. The van der Waals surface area contributed by atoms with Crippen LogP contribution in [0.15, 0.2) is 99.1 Å². The van der Waals surface area contributed by atoms with Crippen LogP contribution in [0.4, 0.5) is 10.1 Å². The molecule has 2 aliphatic rings. The number of carbonyl (C=O) groups is 9. The van der Waals surface area contributed by atoms with Crippen molar-refractivity contribution in [3.05, 3.63) is 147 Å². The number of methoxy groups -OCH3 is 2. The van der Waals surface area contributed by atoms with Crippen LogP contribution in [0.25, 0.3) is 5.70 Å². The van der Waals surface area contributed by atoms with E-state index >= 15 is 0 Å². The number of benzene rings is 1. The van der Waals surface area contributed by atoms with Crippen molar-refractivity contribution in [1.29, 1.82) is 0 Å². The third kappa shape index (κ3) is 26.3. The highest BCUT2D eigenvalue weighted by molar-refractivity contribution is 9.11. The van der Waals surface area contributed by atoms with Crippen LogP contribution in [0, 0.1) is 5.82 Å². The lowest BCUT2D eigenvalue weighted by atomic mass is 10.2. The van der Waals surface area contributed by atoms with Crippen molar-refractivity contribution in [1.82, 2.24) is 9.03 Å². The molecule has 3 N–H and O–H groups in total. The van der Waals surface area contributed by atoms with Crippen molar-refractivity contribution < 1.29 is 73.9 Å². The molecule has 0 saturated heterocycles. The molecule has 20 nitrogen and oxygen atoms in total. The molecule has 7 heterocycles. The minimum atomic E-state index is -3.88. The van der Waals surface area contributed by atoms with Gasteiger partial charge in [0, 0.05) is 51.4 Å². The first-order chi connectivity index (χ1) is 40.6. The van der Waals surface area contributed by atoms with E-state index in [4.69, 9.17) is 75.3 Å². The molecule has 0 radical (unpaired) electrons. The Balaban J connectivity index is 0.000000360. The van der Waals surface area contributed by atoms with Crippen molar-refractivity contribution in [3.63, 3.8) is 0 Å². The minimum absolute atomic E-state index is 0.0533. The second-order valence-electron chi connectivity index (χ2n) is 16.1. The first-order valence-corrected chi connectivity index (χ1v) is 35.2. The van der Waals surface area contributed by atoms with Gasteiger partial charge < -0.3 is 15.2 Å². The van der Waals surface area contributed by atoms with Crippen molar-refractivity contribution in [3.8, 4) is 0 Å². The highest BCUT2D eigenvalue weighted by Crippen LogP contribution is 2.37. The quantitative estimate of drug-likeness (QED) is 0.0400. The number of ether oxygens (including phenoxy) is 2. The monoisotopic (exact) mass is 1720 g/mol. The van der Waals surface area contributed by atoms with E-state index in [9.17, 15) is 64.4 Å². The summed E-state index contributed by atoms with van der Waals surface area (Å²) in [6.45, 7) is 6.77. The van der Waals surface area contributed by atoms with Gasteiger partial charge in [-0.3, -0.25) is 42.6 Å². The Labute approximate surface area is 586 Å². The number of nitrogen functional groups attached to an aromatic ring is 1. The SMILES string of the molecule is CC(=O)C1=CC(c2cc(Br)c(Cl)s2)=NS(=O)(=O)N1C.CC(=O)C1=NS(=O)(=O)NC(c2cc(Br)c(Cl)s2)=C1.CC(=O)c1cc(Br)c(Cl)s1.CC(=O)c1ccc(Cl)s1.COC(=O)C(=O)CC(=O)c1cc(Br)c(Cl)s1.COC(=O)C(C)=O.Nc1ccc(F)c(Cl)c1. The lowest BCUT2D eigenvalue weighted by Crippen LogP contribution is -2.32. The van der Waals surface area contributed by atoms with E-state index in [0.717, 1.165) is 39.0 Å². The van der Waals surface area contributed by atoms with Gasteiger partial charge >= 0.3 is 32.4 Å². The molecule has 0 fully saturated rings. The molecule has 0 unspecified atom stereocenters. The summed E-state index contributed by atoms with van der Waals surface area (Å²) < 4.78 is 82.9. The Morgan fingerprint density at radius 2 is 1.09 bits per heavy atom. The van der Waals surface area contributed by atoms with Gasteiger partial charge in [0.1, 0.15) is 28.9 Å². The van der Waals surface area contributed by atoms with E-state index in [-0.39, 0.29) is 45.2 Å². The summed E-state index contributed by atoms with van der Waals surface area (Å²) in [5, 5.41) is 0.0648. The Kier molecular flexibility index (Phi) is 33.6. The highest BCUT2D eigenvalue weighted by Gasteiger charge is 2.29. The lowest BCUT2D eigenvalue weighted by Gasteiger charge is -2.21. The summed E-state index contributed by atoms with van der Waals surface area (Å²) >= 11 is 53.0. The van der Waals surface area contributed by atoms with Crippen LogP contribution >= 0.6 is 190 Å². The van der Waals surface area contributed by atoms with Crippen LogP contribution in [-0.4, -0.2) is 106 Å². The first-order valence-electron chi connectivity index (χ1n) is 22.8. The van der Waals surface area contributed by atoms with Gasteiger partial charge in [-0.25, -0.2) is 14.0 Å². The van der Waals surface area contributed by atoms with Crippen LogP contribution in [-0.2, 0) is 58.7 Å². The fourth-order valence-corrected chi connectivity index (χ4v) is 15.0. The number of nitrogens with one attached hydrogen (secondary N) is 1. The zero-order valence-corrected chi connectivity index (χ0v) is 62.2. The topological polar surface area (TPSA) is 306 Å². The summed E-state index contributed by atoms with van der Waals surface area (Å²) in [5.74, 6) is -4.77. The molecule has 0 saturated carbocycles. The number of nitrogens with two attached hydrogens (primary N) is 1. The molecule has 0 spiro atoms. The predicted octanol–water partition coefficient (Wildman–Crippen LogP) is 15.3. The number of allylic oxidation sites excluding steroid dienone is 3. The number of halogens is 11. The molecular weight excluding hydrogens is 1690 g/mol. The molecule has 8 rings (SSSR count). The number of thiophene rings is 5. The maximum absolute atomic E-state index is 12.3. The molecule has 2 aliphatic heterocycles. The number of nitrogens with zero attached hydrogens (tertiary/aromatic N) is 3. The van der Waals surface area contributed by atoms with Gasteiger partial charge in [-0.15, -0.1) is 65.5 Å². The summed E-state index contributed by atoms with van der Waals surface area (Å²) in [6.07, 6.45) is 2.33. The number of rotatable bonds is 11. The number of anilines is 1. The molecule has 38 heteroatoms. The van der Waals surface area contributed by atoms with Gasteiger partial charge in [0.15, 0.2) is 28.9 Å². The standard InChI is InChI=1S/C10H8BrClN2O3S2.C9H6BrClN2O3S2.C9H6BrClO4S.C6H4BrClOS.C6H5ClFN.C6H5ClOS.C4H6O3/c1-5(15)8-4-7(13-19(16,17)14(8)2)9-3-6(11)10(12)18-9;1-4(14)6-3-7(13-18(15,16)12-6)8-2-5(10)9(11)17-8;1-15-9(14)6(13)3-5(12)7-2-4(10)8(11)16-7;1-3(9)5-2-4(7)6(8)10-5;7-5-3-4(9)1-2-6(5)8;1-4(8)5-2-3-6(7)9-5;1-3(5)4(6)7-2/h3-4H,1-2H3;2-3,13H,1H3;2H,3H2,1H3;2H,1H3;1-3H,9H2;2-3H,1H3;1-2H3. The lowest BCUT2D eigenvalue weighted by molar-refractivity contribution is -0.151. The Bertz CT molecular complexity index is 3970. The Hall–Kier alpha value is -3.94.